The first-order valence-corrected chi connectivity index (χ1v) is 2.50. The zero-order chi connectivity index (χ0) is 6.04. The summed E-state index contributed by atoms with van der Waals surface area (Å²) in [5, 5.41) is 0. The lowest BCUT2D eigenvalue weighted by Gasteiger charge is -2.16. The Morgan fingerprint density at radius 3 is 2.12 bits per heavy atom. The average molecular weight is 111 g/mol. The summed E-state index contributed by atoms with van der Waals surface area (Å²) in [5.41, 5.74) is 5.32. The lowest BCUT2D eigenvalue weighted by atomic mass is 10.0. The van der Waals surface area contributed by atoms with Gasteiger partial charge in [0.2, 0.25) is 0 Å². The van der Waals surface area contributed by atoms with Gasteiger partial charge < -0.3 is 10.5 Å². The first-order chi connectivity index (χ1) is 3.71. The van der Waals surface area contributed by atoms with E-state index in [1.807, 2.05) is 6.92 Å². The highest BCUT2D eigenvalue weighted by Gasteiger charge is 2.10. The van der Waals surface area contributed by atoms with Crippen LogP contribution in [0.25, 0.3) is 0 Å². The van der Waals surface area contributed by atoms with Crippen molar-refractivity contribution < 1.29 is 4.74 Å². The van der Waals surface area contributed by atoms with Crippen molar-refractivity contribution in [2.45, 2.75) is 12.5 Å². The van der Waals surface area contributed by atoms with Crippen LogP contribution in [0, 0.1) is 0 Å². The molecule has 1 aliphatic rings. The molecule has 0 unspecified atom stereocenters. The quantitative estimate of drug-likeness (QED) is 0.501. The molecule has 1 rings (SSSR count). The van der Waals surface area contributed by atoms with Gasteiger partial charge in [0.05, 0.1) is 18.1 Å². The topological polar surface area (TPSA) is 35.2 Å². The monoisotopic (exact) mass is 111 g/mol. The smallest absolute Gasteiger partial charge is 0.0882 e. The van der Waals surface area contributed by atoms with Crippen LogP contribution in [0.2, 0.25) is 0 Å². The van der Waals surface area contributed by atoms with Crippen molar-refractivity contribution in [2.75, 3.05) is 0 Å². The molecule has 0 aromatic rings. The molecule has 8 heavy (non-hydrogen) atoms. The number of nitrogens with two attached hydrogens (primary N) is 1. The first-order valence-electron chi connectivity index (χ1n) is 2.50. The molecular formula is C6H9NO. The van der Waals surface area contributed by atoms with E-state index in [4.69, 9.17) is 10.5 Å². The fourth-order valence-corrected chi connectivity index (χ4v) is 0.473. The van der Waals surface area contributed by atoms with Gasteiger partial charge in [0.15, 0.2) is 0 Å². The van der Waals surface area contributed by atoms with Gasteiger partial charge in [-0.1, -0.05) is 0 Å². The van der Waals surface area contributed by atoms with Crippen LogP contribution in [0.3, 0.4) is 0 Å². The second-order valence-corrected chi connectivity index (χ2v) is 2.11. The molecule has 1 heterocycles. The summed E-state index contributed by atoms with van der Waals surface area (Å²) < 4.78 is 4.76. The van der Waals surface area contributed by atoms with Gasteiger partial charge in [-0.25, -0.2) is 0 Å². The minimum absolute atomic E-state index is 0.307. The number of ether oxygens (including phenoxy) is 1. The van der Waals surface area contributed by atoms with Crippen LogP contribution in [0.1, 0.15) is 6.92 Å². The van der Waals surface area contributed by atoms with Crippen molar-refractivity contribution in [3.63, 3.8) is 0 Å². The van der Waals surface area contributed by atoms with Crippen molar-refractivity contribution in [3.8, 4) is 0 Å². The molecule has 0 aromatic carbocycles. The van der Waals surface area contributed by atoms with Crippen LogP contribution < -0.4 is 5.73 Å². The summed E-state index contributed by atoms with van der Waals surface area (Å²) in [4.78, 5) is 0. The number of hydrogen-bond acceptors (Lipinski definition) is 2. The molecule has 0 atom stereocenters. The van der Waals surface area contributed by atoms with E-state index in [1.165, 1.54) is 0 Å². The normalized spacial score (nSPS) is 22.8. The Bertz CT molecular complexity index is 121. The van der Waals surface area contributed by atoms with Gasteiger partial charge in [-0.2, -0.15) is 0 Å². The lowest BCUT2D eigenvalue weighted by molar-refractivity contribution is 0.379. The summed E-state index contributed by atoms with van der Waals surface area (Å²) in [6, 6.07) is 0. The Morgan fingerprint density at radius 1 is 1.38 bits per heavy atom. The van der Waals surface area contributed by atoms with Crippen molar-refractivity contribution in [1.29, 1.82) is 0 Å². The molecule has 44 valence electrons. The highest BCUT2D eigenvalue weighted by Crippen LogP contribution is 2.07. The van der Waals surface area contributed by atoms with E-state index in [0.717, 1.165) is 0 Å². The van der Waals surface area contributed by atoms with Crippen molar-refractivity contribution in [3.05, 3.63) is 24.7 Å². The third-order valence-electron chi connectivity index (χ3n) is 1.01. The molecule has 1 aliphatic heterocycles. The van der Waals surface area contributed by atoms with Gasteiger partial charge in [-0.05, 0) is 19.1 Å². The van der Waals surface area contributed by atoms with Gasteiger partial charge in [0.1, 0.15) is 0 Å². The molecule has 0 bridgehead atoms. The molecule has 0 aromatic heterocycles. The number of hydrogen-bond donors (Lipinski definition) is 1. The maximum atomic E-state index is 5.62. The maximum absolute atomic E-state index is 5.62. The molecule has 0 saturated heterocycles. The van der Waals surface area contributed by atoms with Gasteiger partial charge in [-0.3, -0.25) is 0 Å². The zero-order valence-electron chi connectivity index (χ0n) is 4.79. The number of rotatable bonds is 0. The minimum atomic E-state index is -0.307. The van der Waals surface area contributed by atoms with Crippen LogP contribution in [0.5, 0.6) is 0 Å². The van der Waals surface area contributed by atoms with Crippen LogP contribution in [-0.4, -0.2) is 5.54 Å². The van der Waals surface area contributed by atoms with Crippen molar-refractivity contribution in [1.82, 2.24) is 0 Å². The standard InChI is InChI=1S/C6H9NO/c1-6(7)2-4-8-5-3-6/h2-5H,7H2,1H3. The summed E-state index contributed by atoms with van der Waals surface area (Å²) in [7, 11) is 0. The Hall–Kier alpha value is -0.760. The van der Waals surface area contributed by atoms with E-state index >= 15 is 0 Å². The fraction of sp³-hybridized carbons (Fsp3) is 0.333. The predicted octanol–water partition coefficient (Wildman–Crippen LogP) is 0.761. The van der Waals surface area contributed by atoms with Gasteiger partial charge >= 0.3 is 0 Å². The van der Waals surface area contributed by atoms with Gasteiger partial charge in [0.25, 0.3) is 0 Å². The van der Waals surface area contributed by atoms with Crippen LogP contribution in [0.15, 0.2) is 24.7 Å². The third kappa shape index (κ3) is 1.10. The zero-order valence-corrected chi connectivity index (χ0v) is 4.79. The van der Waals surface area contributed by atoms with Crippen LogP contribution in [-0.2, 0) is 4.74 Å². The van der Waals surface area contributed by atoms with E-state index in [1.54, 1.807) is 24.7 Å². The van der Waals surface area contributed by atoms with E-state index in [9.17, 15) is 0 Å². The average Bonchev–Trinajstić information content (AvgIpc) is 1.65. The summed E-state index contributed by atoms with van der Waals surface area (Å²) >= 11 is 0. The van der Waals surface area contributed by atoms with Gasteiger partial charge in [-0.15, -0.1) is 0 Å². The summed E-state index contributed by atoms with van der Waals surface area (Å²) in [5.74, 6) is 0. The fourth-order valence-electron chi connectivity index (χ4n) is 0.473. The van der Waals surface area contributed by atoms with E-state index in [0.29, 0.717) is 0 Å². The first kappa shape index (κ1) is 5.38. The second kappa shape index (κ2) is 1.63. The second-order valence-electron chi connectivity index (χ2n) is 2.11. The largest absolute Gasteiger partial charge is 0.473 e. The third-order valence-corrected chi connectivity index (χ3v) is 1.01. The lowest BCUT2D eigenvalue weighted by Crippen LogP contribution is -2.31. The summed E-state index contributed by atoms with van der Waals surface area (Å²) in [6.07, 6.45) is 6.76. The molecule has 2 heteroatoms. The molecule has 0 fully saturated rings. The van der Waals surface area contributed by atoms with E-state index in [-0.39, 0.29) is 5.54 Å². The van der Waals surface area contributed by atoms with Crippen molar-refractivity contribution >= 4 is 0 Å². The Morgan fingerprint density at radius 2 is 1.88 bits per heavy atom. The molecule has 2 nitrogen and oxygen atoms in total. The molecular weight excluding hydrogens is 102 g/mol. The maximum Gasteiger partial charge on any atom is 0.0882 e. The molecule has 0 saturated carbocycles. The minimum Gasteiger partial charge on any atom is -0.473 e. The Labute approximate surface area is 48.6 Å². The van der Waals surface area contributed by atoms with Gasteiger partial charge in [0, 0.05) is 0 Å². The van der Waals surface area contributed by atoms with Crippen molar-refractivity contribution in [2.24, 2.45) is 5.73 Å². The van der Waals surface area contributed by atoms with E-state index in [2.05, 4.69) is 0 Å². The Balaban J connectivity index is 2.69. The highest BCUT2D eigenvalue weighted by atomic mass is 16.5. The molecule has 0 aliphatic carbocycles. The predicted molar refractivity (Wildman–Crippen MR) is 32.0 cm³/mol. The molecule has 0 amide bonds. The highest BCUT2D eigenvalue weighted by molar-refractivity contribution is 5.14. The van der Waals surface area contributed by atoms with E-state index < -0.39 is 0 Å². The Kier molecular flexibility index (Phi) is 1.10. The summed E-state index contributed by atoms with van der Waals surface area (Å²) in [6.45, 7) is 1.91. The SMILES string of the molecule is CC1(N)C=COC=C1. The molecule has 0 radical (unpaired) electrons. The molecule has 2 N–H and O–H groups in total. The van der Waals surface area contributed by atoms with Crippen LogP contribution in [0.4, 0.5) is 0 Å². The van der Waals surface area contributed by atoms with Crippen LogP contribution >= 0.6 is 0 Å². The molecule has 0 spiro atoms.